The predicted octanol–water partition coefficient (Wildman–Crippen LogP) is 2.07. The fourth-order valence-corrected chi connectivity index (χ4v) is 0.950. The lowest BCUT2D eigenvalue weighted by Gasteiger charge is -2.03. The Morgan fingerprint density at radius 3 is 2.73 bits per heavy atom. The second-order valence-electron chi connectivity index (χ2n) is 2.01. The normalized spacial score (nSPS) is 9.73. The highest BCUT2D eigenvalue weighted by Crippen LogP contribution is 2.26. The predicted molar refractivity (Wildman–Crippen MR) is 42.4 cm³/mol. The van der Waals surface area contributed by atoms with E-state index in [-0.39, 0.29) is 11.4 Å². The molecule has 0 heterocycles. The molecule has 4 heteroatoms. The summed E-state index contributed by atoms with van der Waals surface area (Å²) in [7, 11) is 1.36. The van der Waals surface area contributed by atoms with Crippen molar-refractivity contribution in [3.8, 4) is 5.75 Å². The fraction of sp³-hybridized carbons (Fsp3) is 0.143. The van der Waals surface area contributed by atoms with Crippen molar-refractivity contribution in [2.45, 2.75) is 0 Å². The van der Waals surface area contributed by atoms with E-state index in [0.29, 0.717) is 5.02 Å². The molecule has 11 heavy (non-hydrogen) atoms. The third kappa shape index (κ3) is 1.54. The van der Waals surface area contributed by atoms with Gasteiger partial charge in [-0.3, -0.25) is 0 Å². The number of hydrogen-bond donors (Lipinski definition) is 1. The minimum absolute atomic E-state index is 0.00523. The number of nitrogens with two attached hydrogens (primary N) is 1. The van der Waals surface area contributed by atoms with E-state index in [9.17, 15) is 4.39 Å². The first kappa shape index (κ1) is 8.14. The molecule has 0 unspecified atom stereocenters. The van der Waals surface area contributed by atoms with Crippen LogP contribution in [0, 0.1) is 5.82 Å². The van der Waals surface area contributed by atoms with E-state index >= 15 is 0 Å². The number of benzene rings is 1. The Labute approximate surface area is 68.7 Å². The Hall–Kier alpha value is -0.960. The minimum Gasteiger partial charge on any atom is -0.494 e. The zero-order valence-electron chi connectivity index (χ0n) is 5.90. The Kier molecular flexibility index (Phi) is 2.19. The van der Waals surface area contributed by atoms with Gasteiger partial charge in [-0.1, -0.05) is 11.6 Å². The van der Waals surface area contributed by atoms with Crippen LogP contribution in [0.25, 0.3) is 0 Å². The van der Waals surface area contributed by atoms with Crippen molar-refractivity contribution in [3.05, 3.63) is 23.0 Å². The van der Waals surface area contributed by atoms with E-state index in [1.165, 1.54) is 19.2 Å². The Bertz CT molecular complexity index is 277. The fourth-order valence-electron chi connectivity index (χ4n) is 0.733. The average Bonchev–Trinajstić information content (AvgIpc) is 1.96. The molecule has 0 saturated carbocycles. The summed E-state index contributed by atoms with van der Waals surface area (Å²) in [4.78, 5) is 0. The first-order chi connectivity index (χ1) is 5.15. The maximum atomic E-state index is 12.9. The molecule has 1 aromatic carbocycles. The summed E-state index contributed by atoms with van der Waals surface area (Å²) < 4.78 is 17.5. The first-order valence-electron chi connectivity index (χ1n) is 2.93. The number of ether oxygens (including phenoxy) is 1. The summed E-state index contributed by atoms with van der Waals surface area (Å²) in [5.74, 6) is -0.507. The van der Waals surface area contributed by atoms with Gasteiger partial charge in [-0.25, -0.2) is 4.39 Å². The molecular formula is C7H7ClFNO. The van der Waals surface area contributed by atoms with Gasteiger partial charge >= 0.3 is 0 Å². The van der Waals surface area contributed by atoms with Gasteiger partial charge < -0.3 is 10.5 Å². The Balaban J connectivity index is 3.24. The van der Waals surface area contributed by atoms with Gasteiger partial charge in [0.25, 0.3) is 0 Å². The molecule has 0 spiro atoms. The van der Waals surface area contributed by atoms with Gasteiger partial charge in [-0.15, -0.1) is 0 Å². The molecule has 0 radical (unpaired) electrons. The molecule has 0 aliphatic heterocycles. The van der Waals surface area contributed by atoms with Gasteiger partial charge in [0.1, 0.15) is 0 Å². The highest BCUT2D eigenvalue weighted by atomic mass is 35.5. The lowest BCUT2D eigenvalue weighted by Crippen LogP contribution is -1.94. The number of rotatable bonds is 1. The molecule has 2 nitrogen and oxygen atoms in total. The number of hydrogen-bond acceptors (Lipinski definition) is 2. The number of methoxy groups -OCH3 is 1. The van der Waals surface area contributed by atoms with Crippen LogP contribution in [0.2, 0.25) is 5.02 Å². The monoisotopic (exact) mass is 175 g/mol. The van der Waals surface area contributed by atoms with Gasteiger partial charge in [0, 0.05) is 11.1 Å². The summed E-state index contributed by atoms with van der Waals surface area (Å²) in [6, 6.07) is 2.70. The first-order valence-corrected chi connectivity index (χ1v) is 3.31. The Morgan fingerprint density at radius 2 is 2.18 bits per heavy atom. The van der Waals surface area contributed by atoms with E-state index < -0.39 is 5.82 Å². The van der Waals surface area contributed by atoms with Crippen molar-refractivity contribution in [1.82, 2.24) is 0 Å². The minimum atomic E-state index is -0.572. The lowest BCUT2D eigenvalue weighted by atomic mass is 10.3. The van der Waals surface area contributed by atoms with Crippen molar-refractivity contribution in [3.63, 3.8) is 0 Å². The van der Waals surface area contributed by atoms with E-state index in [2.05, 4.69) is 4.74 Å². The lowest BCUT2D eigenvalue weighted by molar-refractivity contribution is 0.387. The van der Waals surface area contributed by atoms with Gasteiger partial charge in [0.2, 0.25) is 0 Å². The van der Waals surface area contributed by atoms with Crippen LogP contribution >= 0.6 is 11.6 Å². The maximum absolute atomic E-state index is 12.9. The molecule has 0 fully saturated rings. The zero-order chi connectivity index (χ0) is 8.43. The molecule has 0 bridgehead atoms. The third-order valence-electron chi connectivity index (χ3n) is 1.25. The summed E-state index contributed by atoms with van der Waals surface area (Å²) in [5, 5.41) is 0.362. The van der Waals surface area contributed by atoms with Gasteiger partial charge in [-0.05, 0) is 6.07 Å². The average molecular weight is 176 g/mol. The van der Waals surface area contributed by atoms with E-state index in [1.54, 1.807) is 0 Å². The van der Waals surface area contributed by atoms with Crippen LogP contribution in [0.4, 0.5) is 10.1 Å². The number of nitrogen functional groups attached to an aromatic ring is 1. The molecule has 60 valence electrons. The van der Waals surface area contributed by atoms with Crippen LogP contribution in [0.1, 0.15) is 0 Å². The van der Waals surface area contributed by atoms with Gasteiger partial charge in [0.05, 0.1) is 12.8 Å². The summed E-state index contributed by atoms with van der Waals surface area (Å²) in [6.45, 7) is 0. The molecule has 2 N–H and O–H groups in total. The molecule has 1 rings (SSSR count). The number of anilines is 1. The molecular weight excluding hydrogens is 169 g/mol. The van der Waals surface area contributed by atoms with Crippen molar-refractivity contribution in [2.75, 3.05) is 12.8 Å². The third-order valence-corrected chi connectivity index (χ3v) is 1.47. The molecule has 0 saturated heterocycles. The van der Waals surface area contributed by atoms with Crippen molar-refractivity contribution < 1.29 is 9.13 Å². The van der Waals surface area contributed by atoms with Crippen molar-refractivity contribution in [1.29, 1.82) is 0 Å². The smallest absolute Gasteiger partial charge is 0.187 e. The molecule has 1 aromatic rings. The van der Waals surface area contributed by atoms with Crippen LogP contribution in [-0.2, 0) is 0 Å². The second kappa shape index (κ2) is 2.96. The van der Waals surface area contributed by atoms with Gasteiger partial charge in [0.15, 0.2) is 11.6 Å². The largest absolute Gasteiger partial charge is 0.494 e. The SMILES string of the molecule is COc1cc(Cl)cc(N)c1F. The van der Waals surface area contributed by atoms with Crippen molar-refractivity contribution in [2.24, 2.45) is 0 Å². The van der Waals surface area contributed by atoms with Crippen LogP contribution < -0.4 is 10.5 Å². The van der Waals surface area contributed by atoms with Crippen LogP contribution in [0.3, 0.4) is 0 Å². The molecule has 0 aliphatic carbocycles. The number of halogens is 2. The summed E-state index contributed by atoms with van der Waals surface area (Å²) >= 11 is 5.57. The Morgan fingerprint density at radius 1 is 1.55 bits per heavy atom. The molecule has 0 aromatic heterocycles. The zero-order valence-corrected chi connectivity index (χ0v) is 6.65. The topological polar surface area (TPSA) is 35.2 Å². The second-order valence-corrected chi connectivity index (χ2v) is 2.45. The van der Waals surface area contributed by atoms with Crippen LogP contribution in [0.5, 0.6) is 5.75 Å². The summed E-state index contributed by atoms with van der Waals surface area (Å²) in [6.07, 6.45) is 0. The van der Waals surface area contributed by atoms with E-state index in [0.717, 1.165) is 0 Å². The van der Waals surface area contributed by atoms with Gasteiger partial charge in [-0.2, -0.15) is 0 Å². The molecule has 0 aliphatic rings. The van der Waals surface area contributed by atoms with Crippen molar-refractivity contribution >= 4 is 17.3 Å². The van der Waals surface area contributed by atoms with Crippen LogP contribution in [0.15, 0.2) is 12.1 Å². The standard InChI is InChI=1S/C7H7ClFNO/c1-11-6-3-4(8)2-5(10)7(6)9/h2-3H,10H2,1H3. The van der Waals surface area contributed by atoms with Crippen LogP contribution in [-0.4, -0.2) is 7.11 Å². The van der Waals surface area contributed by atoms with E-state index in [1.807, 2.05) is 0 Å². The quantitative estimate of drug-likeness (QED) is 0.664. The maximum Gasteiger partial charge on any atom is 0.187 e. The highest BCUT2D eigenvalue weighted by Gasteiger charge is 2.06. The van der Waals surface area contributed by atoms with E-state index in [4.69, 9.17) is 17.3 Å². The summed E-state index contributed by atoms with van der Waals surface area (Å²) in [5.41, 5.74) is 5.25. The molecule has 0 amide bonds. The highest BCUT2D eigenvalue weighted by molar-refractivity contribution is 6.31. The molecule has 0 atom stereocenters.